The van der Waals surface area contributed by atoms with Crippen LogP contribution in [0.2, 0.25) is 0 Å². The van der Waals surface area contributed by atoms with Gasteiger partial charge in [-0.15, -0.1) is 0 Å². The van der Waals surface area contributed by atoms with E-state index >= 15 is 0 Å². The summed E-state index contributed by atoms with van der Waals surface area (Å²) < 4.78 is 4.91. The highest BCUT2D eigenvalue weighted by Crippen LogP contribution is 2.21. The lowest BCUT2D eigenvalue weighted by atomic mass is 10.0. The van der Waals surface area contributed by atoms with E-state index in [0.717, 1.165) is 0 Å². The second-order valence-corrected chi connectivity index (χ2v) is 3.12. The number of hydrogen-bond acceptors (Lipinski definition) is 5. The highest BCUT2D eigenvalue weighted by Gasteiger charge is 2.24. The average Bonchev–Trinajstić information content (AvgIpc) is 2.27. The molecule has 2 unspecified atom stereocenters. The Balaban J connectivity index is 2.78. The molecule has 0 aliphatic heterocycles. The van der Waals surface area contributed by atoms with Gasteiger partial charge in [0.15, 0.2) is 6.29 Å². The first kappa shape index (κ1) is 11.9. The zero-order valence-corrected chi connectivity index (χ0v) is 8.24. The van der Waals surface area contributed by atoms with Crippen molar-refractivity contribution in [2.24, 2.45) is 0 Å². The number of ether oxygens (including phenoxy) is 1. The summed E-state index contributed by atoms with van der Waals surface area (Å²) in [6.45, 7) is 0. The molecule has 2 atom stereocenters. The van der Waals surface area contributed by atoms with E-state index in [1.807, 2.05) is 0 Å². The molecule has 5 heteroatoms. The number of methoxy groups -OCH3 is 1. The summed E-state index contributed by atoms with van der Waals surface area (Å²) in [6, 6.07) is 6.29. The first-order valence-electron chi connectivity index (χ1n) is 4.42. The van der Waals surface area contributed by atoms with Gasteiger partial charge in [0, 0.05) is 0 Å². The Labute approximate surface area is 87.2 Å². The van der Waals surface area contributed by atoms with Crippen molar-refractivity contribution in [1.29, 1.82) is 0 Å². The van der Waals surface area contributed by atoms with Crippen molar-refractivity contribution in [2.75, 3.05) is 7.11 Å². The molecular formula is C10H14O5. The second-order valence-electron chi connectivity index (χ2n) is 3.12. The van der Waals surface area contributed by atoms with Gasteiger partial charge in [0.1, 0.15) is 18.0 Å². The van der Waals surface area contributed by atoms with Gasteiger partial charge in [-0.1, -0.05) is 12.1 Å². The van der Waals surface area contributed by atoms with Crippen LogP contribution in [-0.4, -0.2) is 39.9 Å². The fourth-order valence-electron chi connectivity index (χ4n) is 1.16. The number of rotatable bonds is 4. The van der Waals surface area contributed by atoms with E-state index in [1.54, 1.807) is 12.1 Å². The van der Waals surface area contributed by atoms with Crippen LogP contribution in [-0.2, 0) is 0 Å². The van der Waals surface area contributed by atoms with Crippen LogP contribution in [0.25, 0.3) is 0 Å². The summed E-state index contributed by atoms with van der Waals surface area (Å²) in [5, 5.41) is 36.1. The van der Waals surface area contributed by atoms with Crippen molar-refractivity contribution < 1.29 is 25.2 Å². The zero-order chi connectivity index (χ0) is 11.4. The third kappa shape index (κ3) is 2.90. The normalized spacial score (nSPS) is 15.1. The van der Waals surface area contributed by atoms with E-state index in [4.69, 9.17) is 14.9 Å². The predicted molar refractivity (Wildman–Crippen MR) is 52.2 cm³/mol. The van der Waals surface area contributed by atoms with Gasteiger partial charge in [0.2, 0.25) is 0 Å². The van der Waals surface area contributed by atoms with E-state index in [2.05, 4.69) is 0 Å². The highest BCUT2D eigenvalue weighted by atomic mass is 16.5. The minimum atomic E-state index is -1.97. The van der Waals surface area contributed by atoms with Crippen LogP contribution < -0.4 is 4.74 Å². The Morgan fingerprint density at radius 2 is 1.53 bits per heavy atom. The molecule has 5 nitrogen and oxygen atoms in total. The highest BCUT2D eigenvalue weighted by molar-refractivity contribution is 5.28. The monoisotopic (exact) mass is 214 g/mol. The predicted octanol–water partition coefficient (Wildman–Crippen LogP) is -0.600. The fourth-order valence-corrected chi connectivity index (χ4v) is 1.16. The lowest BCUT2D eigenvalue weighted by Gasteiger charge is -2.19. The molecule has 0 fully saturated rings. The quantitative estimate of drug-likeness (QED) is 0.502. The molecule has 0 saturated heterocycles. The second kappa shape index (κ2) is 5.09. The Hall–Kier alpha value is -1.14. The molecule has 1 aromatic carbocycles. The van der Waals surface area contributed by atoms with Gasteiger partial charge in [-0.05, 0) is 17.7 Å². The van der Waals surface area contributed by atoms with E-state index in [1.165, 1.54) is 19.2 Å². The molecule has 0 amide bonds. The Morgan fingerprint density at radius 1 is 1.00 bits per heavy atom. The van der Waals surface area contributed by atoms with Gasteiger partial charge in [-0.3, -0.25) is 0 Å². The Kier molecular flexibility index (Phi) is 4.05. The van der Waals surface area contributed by atoms with Gasteiger partial charge in [-0.25, -0.2) is 0 Å². The summed E-state index contributed by atoms with van der Waals surface area (Å²) >= 11 is 0. The maximum Gasteiger partial charge on any atom is 0.181 e. The molecule has 0 saturated carbocycles. The third-order valence-electron chi connectivity index (χ3n) is 2.09. The molecular weight excluding hydrogens is 200 g/mol. The first-order valence-corrected chi connectivity index (χ1v) is 4.42. The van der Waals surface area contributed by atoms with Crippen molar-refractivity contribution >= 4 is 0 Å². The largest absolute Gasteiger partial charge is 0.497 e. The summed E-state index contributed by atoms with van der Waals surface area (Å²) in [6.07, 6.45) is -4.93. The average molecular weight is 214 g/mol. The molecule has 0 spiro atoms. The minimum absolute atomic E-state index is 0.386. The van der Waals surface area contributed by atoms with Gasteiger partial charge in [-0.2, -0.15) is 0 Å². The first-order chi connectivity index (χ1) is 7.06. The van der Waals surface area contributed by atoms with Crippen LogP contribution in [0.3, 0.4) is 0 Å². The lowest BCUT2D eigenvalue weighted by molar-refractivity contribution is -0.158. The van der Waals surface area contributed by atoms with Crippen molar-refractivity contribution in [3.05, 3.63) is 29.8 Å². The molecule has 1 aromatic rings. The number of hydrogen-bond donors (Lipinski definition) is 4. The van der Waals surface area contributed by atoms with Crippen LogP contribution in [0.15, 0.2) is 24.3 Å². The van der Waals surface area contributed by atoms with E-state index in [-0.39, 0.29) is 0 Å². The summed E-state index contributed by atoms with van der Waals surface area (Å²) in [4.78, 5) is 0. The lowest BCUT2D eigenvalue weighted by Crippen LogP contribution is -2.31. The summed E-state index contributed by atoms with van der Waals surface area (Å²) in [5.41, 5.74) is 0.386. The molecule has 0 heterocycles. The number of aliphatic hydroxyl groups is 4. The Morgan fingerprint density at radius 3 is 1.93 bits per heavy atom. The molecule has 84 valence electrons. The maximum atomic E-state index is 9.51. The SMILES string of the molecule is COc1ccc(C(O)C(O)C(O)O)cc1. The smallest absolute Gasteiger partial charge is 0.181 e. The van der Waals surface area contributed by atoms with Crippen LogP contribution in [0.1, 0.15) is 11.7 Å². The number of benzene rings is 1. The molecule has 0 bridgehead atoms. The molecule has 0 aliphatic rings. The van der Waals surface area contributed by atoms with Crippen molar-refractivity contribution in [1.82, 2.24) is 0 Å². The van der Waals surface area contributed by atoms with E-state index in [0.29, 0.717) is 11.3 Å². The summed E-state index contributed by atoms with van der Waals surface area (Å²) in [5.74, 6) is 0.616. The van der Waals surface area contributed by atoms with Gasteiger partial charge in [0.25, 0.3) is 0 Å². The molecule has 0 radical (unpaired) electrons. The van der Waals surface area contributed by atoms with Crippen molar-refractivity contribution in [2.45, 2.75) is 18.5 Å². The third-order valence-corrected chi connectivity index (χ3v) is 2.09. The van der Waals surface area contributed by atoms with E-state index in [9.17, 15) is 10.2 Å². The fraction of sp³-hybridized carbons (Fsp3) is 0.400. The summed E-state index contributed by atoms with van der Waals surface area (Å²) in [7, 11) is 1.51. The standard InChI is InChI=1S/C10H14O5/c1-15-7-4-2-6(3-5-7)8(11)9(12)10(13)14/h2-5,8-14H,1H3. The molecule has 4 N–H and O–H groups in total. The Bertz CT molecular complexity index is 295. The maximum absolute atomic E-state index is 9.51. The van der Waals surface area contributed by atoms with Crippen molar-refractivity contribution in [3.63, 3.8) is 0 Å². The topological polar surface area (TPSA) is 90.2 Å². The van der Waals surface area contributed by atoms with E-state index < -0.39 is 18.5 Å². The van der Waals surface area contributed by atoms with Crippen LogP contribution in [0.4, 0.5) is 0 Å². The van der Waals surface area contributed by atoms with Crippen LogP contribution >= 0.6 is 0 Å². The minimum Gasteiger partial charge on any atom is -0.497 e. The molecule has 1 rings (SSSR count). The molecule has 0 aliphatic carbocycles. The molecule has 15 heavy (non-hydrogen) atoms. The van der Waals surface area contributed by atoms with Gasteiger partial charge < -0.3 is 25.2 Å². The van der Waals surface area contributed by atoms with Gasteiger partial charge >= 0.3 is 0 Å². The molecule has 0 aromatic heterocycles. The van der Waals surface area contributed by atoms with Crippen molar-refractivity contribution in [3.8, 4) is 5.75 Å². The van der Waals surface area contributed by atoms with Gasteiger partial charge in [0.05, 0.1) is 7.11 Å². The number of aliphatic hydroxyl groups excluding tert-OH is 3. The van der Waals surface area contributed by atoms with Crippen LogP contribution in [0.5, 0.6) is 5.75 Å². The zero-order valence-electron chi connectivity index (χ0n) is 8.24. The van der Waals surface area contributed by atoms with Crippen LogP contribution in [0, 0.1) is 0 Å².